The fraction of sp³-hybridized carbons (Fsp3) is 1.00. The maximum absolute atomic E-state index is 3.52. The first-order valence-corrected chi connectivity index (χ1v) is 5.35. The lowest BCUT2D eigenvalue weighted by Gasteiger charge is -2.22. The van der Waals surface area contributed by atoms with Crippen molar-refractivity contribution in [3.63, 3.8) is 0 Å². The van der Waals surface area contributed by atoms with Crippen molar-refractivity contribution in [2.45, 2.75) is 38.1 Å². The summed E-state index contributed by atoms with van der Waals surface area (Å²) in [6, 6.07) is 0.825. The minimum atomic E-state index is 0.825. The van der Waals surface area contributed by atoms with Crippen molar-refractivity contribution in [3.05, 3.63) is 0 Å². The molecule has 1 fully saturated rings. The van der Waals surface area contributed by atoms with Gasteiger partial charge in [-0.3, -0.25) is 0 Å². The third-order valence-electron chi connectivity index (χ3n) is 2.13. The number of alkyl halides is 1. The van der Waals surface area contributed by atoms with E-state index in [9.17, 15) is 0 Å². The molecule has 1 saturated carbocycles. The quantitative estimate of drug-likeness (QED) is 0.698. The number of hydrogen-bond donors (Lipinski definition) is 1. The van der Waals surface area contributed by atoms with Gasteiger partial charge in [0.25, 0.3) is 0 Å². The SMILES string of the molecule is BrCCNC1CCCCC1. The van der Waals surface area contributed by atoms with Gasteiger partial charge in [0.2, 0.25) is 0 Å². The van der Waals surface area contributed by atoms with Crippen LogP contribution in [0.15, 0.2) is 0 Å². The number of hydrogen-bond acceptors (Lipinski definition) is 1. The summed E-state index contributed by atoms with van der Waals surface area (Å²) in [7, 11) is 0. The molecule has 0 amide bonds. The highest BCUT2D eigenvalue weighted by molar-refractivity contribution is 9.09. The Balaban J connectivity index is 2.02. The third-order valence-corrected chi connectivity index (χ3v) is 2.53. The first-order chi connectivity index (χ1) is 4.93. The minimum Gasteiger partial charge on any atom is -0.313 e. The van der Waals surface area contributed by atoms with Gasteiger partial charge in [-0.05, 0) is 12.8 Å². The first-order valence-electron chi connectivity index (χ1n) is 4.23. The topological polar surface area (TPSA) is 12.0 Å². The van der Waals surface area contributed by atoms with Crippen molar-refractivity contribution in [1.82, 2.24) is 5.32 Å². The Hall–Kier alpha value is 0.440. The summed E-state index contributed by atoms with van der Waals surface area (Å²) in [6.45, 7) is 1.13. The van der Waals surface area contributed by atoms with Crippen LogP contribution < -0.4 is 5.32 Å². The zero-order chi connectivity index (χ0) is 7.23. The molecule has 10 heavy (non-hydrogen) atoms. The van der Waals surface area contributed by atoms with Crippen molar-refractivity contribution in [3.8, 4) is 0 Å². The first kappa shape index (κ1) is 8.54. The number of rotatable bonds is 3. The van der Waals surface area contributed by atoms with Gasteiger partial charge in [0.15, 0.2) is 0 Å². The molecule has 1 aliphatic carbocycles. The average Bonchev–Trinajstić information content (AvgIpc) is 2.03. The van der Waals surface area contributed by atoms with Gasteiger partial charge in [0.05, 0.1) is 0 Å². The lowest BCUT2D eigenvalue weighted by molar-refractivity contribution is 0.381. The molecule has 0 aromatic carbocycles. The summed E-state index contributed by atoms with van der Waals surface area (Å²) in [6.07, 6.45) is 7.10. The summed E-state index contributed by atoms with van der Waals surface area (Å²) >= 11 is 3.41. The highest BCUT2D eigenvalue weighted by Gasteiger charge is 2.10. The van der Waals surface area contributed by atoms with Gasteiger partial charge in [-0.2, -0.15) is 0 Å². The molecule has 1 nitrogen and oxygen atoms in total. The van der Waals surface area contributed by atoms with E-state index in [1.807, 2.05) is 0 Å². The summed E-state index contributed by atoms with van der Waals surface area (Å²) < 4.78 is 0. The highest BCUT2D eigenvalue weighted by atomic mass is 79.9. The van der Waals surface area contributed by atoms with E-state index >= 15 is 0 Å². The van der Waals surface area contributed by atoms with E-state index in [1.54, 1.807) is 0 Å². The fourth-order valence-corrected chi connectivity index (χ4v) is 1.79. The molecule has 0 aromatic heterocycles. The van der Waals surface area contributed by atoms with Gasteiger partial charge in [-0.1, -0.05) is 35.2 Å². The Bertz CT molecular complexity index is 79.3. The molecule has 0 bridgehead atoms. The van der Waals surface area contributed by atoms with Crippen molar-refractivity contribution in [2.75, 3.05) is 11.9 Å². The Morgan fingerprint density at radius 1 is 1.20 bits per heavy atom. The maximum atomic E-state index is 3.52. The van der Waals surface area contributed by atoms with Crippen molar-refractivity contribution >= 4 is 15.9 Å². The van der Waals surface area contributed by atoms with E-state index in [4.69, 9.17) is 0 Å². The van der Waals surface area contributed by atoms with Crippen LogP contribution in [-0.2, 0) is 0 Å². The van der Waals surface area contributed by atoms with E-state index in [0.717, 1.165) is 17.9 Å². The van der Waals surface area contributed by atoms with Crippen LogP contribution in [0, 0.1) is 0 Å². The predicted octanol–water partition coefficient (Wildman–Crippen LogP) is 2.30. The van der Waals surface area contributed by atoms with Crippen LogP contribution in [0.1, 0.15) is 32.1 Å². The molecule has 0 radical (unpaired) electrons. The van der Waals surface area contributed by atoms with Gasteiger partial charge in [-0.15, -0.1) is 0 Å². The number of halogens is 1. The molecule has 0 heterocycles. The standard InChI is InChI=1S/C8H16BrN/c9-6-7-10-8-4-2-1-3-5-8/h8,10H,1-7H2. The molecule has 0 aromatic rings. The summed E-state index contributed by atoms with van der Waals surface area (Å²) in [5, 5.41) is 4.61. The Morgan fingerprint density at radius 2 is 1.90 bits per heavy atom. The van der Waals surface area contributed by atoms with E-state index in [-0.39, 0.29) is 0 Å². The average molecular weight is 206 g/mol. The van der Waals surface area contributed by atoms with E-state index in [0.29, 0.717) is 0 Å². The van der Waals surface area contributed by atoms with E-state index in [1.165, 1.54) is 32.1 Å². The molecule has 0 unspecified atom stereocenters. The van der Waals surface area contributed by atoms with Crippen LogP contribution >= 0.6 is 15.9 Å². The Morgan fingerprint density at radius 3 is 2.50 bits per heavy atom. The molecule has 1 aliphatic rings. The van der Waals surface area contributed by atoms with Gasteiger partial charge in [0.1, 0.15) is 0 Å². The summed E-state index contributed by atoms with van der Waals surface area (Å²) in [5.74, 6) is 0. The number of nitrogens with one attached hydrogen (secondary N) is 1. The monoisotopic (exact) mass is 205 g/mol. The zero-order valence-corrected chi connectivity index (χ0v) is 7.99. The second kappa shape index (κ2) is 5.14. The van der Waals surface area contributed by atoms with Crippen LogP contribution in [-0.4, -0.2) is 17.9 Å². The van der Waals surface area contributed by atoms with Crippen LogP contribution in [0.4, 0.5) is 0 Å². The normalized spacial score (nSPS) is 21.3. The highest BCUT2D eigenvalue weighted by Crippen LogP contribution is 2.16. The maximum Gasteiger partial charge on any atom is 0.0157 e. The second-order valence-corrected chi connectivity index (χ2v) is 3.77. The lowest BCUT2D eigenvalue weighted by atomic mass is 9.96. The minimum absolute atomic E-state index is 0.825. The molecule has 0 aliphatic heterocycles. The zero-order valence-electron chi connectivity index (χ0n) is 6.41. The van der Waals surface area contributed by atoms with Gasteiger partial charge >= 0.3 is 0 Å². The van der Waals surface area contributed by atoms with Crippen LogP contribution in [0.3, 0.4) is 0 Å². The molecule has 0 spiro atoms. The molecule has 1 N–H and O–H groups in total. The second-order valence-electron chi connectivity index (χ2n) is 2.98. The Labute approximate surface area is 71.7 Å². The van der Waals surface area contributed by atoms with Crippen LogP contribution in [0.5, 0.6) is 0 Å². The predicted molar refractivity (Wildman–Crippen MR) is 48.7 cm³/mol. The Kier molecular flexibility index (Phi) is 4.39. The lowest BCUT2D eigenvalue weighted by Crippen LogP contribution is -2.32. The molecule has 1 rings (SSSR count). The molecular weight excluding hydrogens is 190 g/mol. The van der Waals surface area contributed by atoms with Gasteiger partial charge in [-0.25, -0.2) is 0 Å². The molecule has 60 valence electrons. The summed E-state index contributed by atoms with van der Waals surface area (Å²) in [4.78, 5) is 0. The van der Waals surface area contributed by atoms with Crippen molar-refractivity contribution in [1.29, 1.82) is 0 Å². The van der Waals surface area contributed by atoms with E-state index in [2.05, 4.69) is 21.2 Å². The van der Waals surface area contributed by atoms with Gasteiger partial charge < -0.3 is 5.32 Å². The fourth-order valence-electron chi connectivity index (χ4n) is 1.57. The summed E-state index contributed by atoms with van der Waals surface area (Å²) in [5.41, 5.74) is 0. The molecule has 0 atom stereocenters. The van der Waals surface area contributed by atoms with Crippen molar-refractivity contribution < 1.29 is 0 Å². The van der Waals surface area contributed by atoms with Crippen LogP contribution in [0.2, 0.25) is 0 Å². The molecule has 2 heteroatoms. The molecule has 0 saturated heterocycles. The third kappa shape index (κ3) is 3.02. The van der Waals surface area contributed by atoms with Crippen molar-refractivity contribution in [2.24, 2.45) is 0 Å². The molecular formula is C8H16BrN. The van der Waals surface area contributed by atoms with Crippen LogP contribution in [0.25, 0.3) is 0 Å². The van der Waals surface area contributed by atoms with E-state index < -0.39 is 0 Å². The largest absolute Gasteiger partial charge is 0.313 e. The van der Waals surface area contributed by atoms with Gasteiger partial charge in [0, 0.05) is 17.9 Å². The smallest absolute Gasteiger partial charge is 0.0157 e.